The van der Waals surface area contributed by atoms with Gasteiger partial charge >= 0.3 is 12.0 Å². The Bertz CT molecular complexity index is 1020. The van der Waals surface area contributed by atoms with E-state index in [-0.39, 0.29) is 18.4 Å². The second-order valence-electron chi connectivity index (χ2n) is 7.60. The molecule has 4 rings (SSSR count). The van der Waals surface area contributed by atoms with Crippen molar-refractivity contribution in [2.75, 3.05) is 18.5 Å². The maximum Gasteiger partial charge on any atom is 0.348 e. The molecule has 1 aromatic carbocycles. The smallest absolute Gasteiger partial charge is 0.348 e. The van der Waals surface area contributed by atoms with Crippen LogP contribution in [0.2, 0.25) is 0 Å². The number of rotatable bonds is 5. The lowest BCUT2D eigenvalue weighted by atomic mass is 9.82. The zero-order chi connectivity index (χ0) is 21.3. The first-order valence-corrected chi connectivity index (χ1v) is 10.9. The van der Waals surface area contributed by atoms with Crippen molar-refractivity contribution < 1.29 is 23.9 Å². The molecule has 0 atom stereocenters. The third-order valence-corrected chi connectivity index (χ3v) is 6.63. The van der Waals surface area contributed by atoms with Crippen molar-refractivity contribution >= 4 is 50.9 Å². The average Bonchev–Trinajstić information content (AvgIpc) is 3.24. The van der Waals surface area contributed by atoms with Gasteiger partial charge in [-0.25, -0.2) is 9.59 Å². The van der Waals surface area contributed by atoms with E-state index < -0.39 is 17.5 Å². The third kappa shape index (κ3) is 3.77. The quantitative estimate of drug-likeness (QED) is 0.561. The van der Waals surface area contributed by atoms with E-state index in [4.69, 9.17) is 4.74 Å². The van der Waals surface area contributed by atoms with Crippen LogP contribution in [-0.2, 0) is 14.3 Å². The number of benzene rings is 1. The summed E-state index contributed by atoms with van der Waals surface area (Å²) in [5.41, 5.74) is -0.311. The van der Waals surface area contributed by atoms with Crippen LogP contribution in [0.5, 0.6) is 0 Å². The minimum Gasteiger partial charge on any atom is -0.462 e. The van der Waals surface area contributed by atoms with Crippen LogP contribution in [0.4, 0.5) is 10.5 Å². The number of imide groups is 1. The summed E-state index contributed by atoms with van der Waals surface area (Å²) >= 11 is 1.32. The Balaban J connectivity index is 1.43. The fourth-order valence-corrected chi connectivity index (χ4v) is 5.02. The lowest BCUT2D eigenvalue weighted by Crippen LogP contribution is -2.48. The first-order valence-electron chi connectivity index (χ1n) is 10.1. The number of urea groups is 1. The van der Waals surface area contributed by atoms with Crippen LogP contribution in [0, 0.1) is 0 Å². The minimum atomic E-state index is -0.839. The Hall–Kier alpha value is -2.94. The van der Waals surface area contributed by atoms with Crippen molar-refractivity contribution in [2.24, 2.45) is 0 Å². The molecule has 1 saturated heterocycles. The number of nitrogens with one attached hydrogen (secondary N) is 2. The Morgan fingerprint density at radius 3 is 2.70 bits per heavy atom. The largest absolute Gasteiger partial charge is 0.462 e. The molecule has 4 amide bonds. The van der Waals surface area contributed by atoms with Gasteiger partial charge in [-0.1, -0.05) is 19.3 Å². The van der Waals surface area contributed by atoms with Gasteiger partial charge in [-0.3, -0.25) is 14.5 Å². The molecular weight excluding hydrogens is 406 g/mol. The number of esters is 1. The molecule has 0 radical (unpaired) electrons. The molecule has 0 unspecified atom stereocenters. The maximum atomic E-state index is 12.8. The summed E-state index contributed by atoms with van der Waals surface area (Å²) in [6.45, 7) is 1.72. The maximum absolute atomic E-state index is 12.8. The summed E-state index contributed by atoms with van der Waals surface area (Å²) < 4.78 is 5.91. The van der Waals surface area contributed by atoms with Crippen LogP contribution >= 0.6 is 11.3 Å². The fraction of sp³-hybridized carbons (Fsp3) is 0.429. The van der Waals surface area contributed by atoms with Gasteiger partial charge in [-0.15, -0.1) is 11.3 Å². The SMILES string of the molecule is CCOC(=O)c1cc2cc(NC(=O)CN3C(=O)NC4(CCCCC4)C3=O)ccc2s1. The molecule has 2 heterocycles. The summed E-state index contributed by atoms with van der Waals surface area (Å²) in [5.74, 6) is -1.14. The molecule has 1 aliphatic heterocycles. The lowest BCUT2D eigenvalue weighted by Gasteiger charge is -2.30. The van der Waals surface area contributed by atoms with E-state index in [1.54, 1.807) is 25.1 Å². The predicted octanol–water partition coefficient (Wildman–Crippen LogP) is 3.27. The van der Waals surface area contributed by atoms with E-state index in [2.05, 4.69) is 10.6 Å². The molecular formula is C21H23N3O5S. The normalized spacial score (nSPS) is 18.0. The van der Waals surface area contributed by atoms with Gasteiger partial charge in [0.2, 0.25) is 5.91 Å². The molecule has 158 valence electrons. The molecule has 1 spiro atoms. The van der Waals surface area contributed by atoms with Gasteiger partial charge in [0.1, 0.15) is 17.0 Å². The number of amides is 4. The van der Waals surface area contributed by atoms with Crippen LogP contribution in [0.15, 0.2) is 24.3 Å². The molecule has 2 N–H and O–H groups in total. The van der Waals surface area contributed by atoms with Gasteiger partial charge in [-0.05, 0) is 49.4 Å². The first-order chi connectivity index (χ1) is 14.4. The highest BCUT2D eigenvalue weighted by atomic mass is 32.1. The van der Waals surface area contributed by atoms with Crippen molar-refractivity contribution in [3.8, 4) is 0 Å². The summed E-state index contributed by atoms with van der Waals surface area (Å²) in [6, 6.07) is 6.49. The molecule has 2 aromatic rings. The van der Waals surface area contributed by atoms with Gasteiger partial charge in [0.15, 0.2) is 0 Å². The number of carbonyl (C=O) groups excluding carboxylic acids is 4. The zero-order valence-corrected chi connectivity index (χ0v) is 17.5. The van der Waals surface area contributed by atoms with E-state index in [0.29, 0.717) is 30.0 Å². The molecule has 2 fully saturated rings. The average molecular weight is 429 g/mol. The molecule has 8 nitrogen and oxygen atoms in total. The highest BCUT2D eigenvalue weighted by Crippen LogP contribution is 2.33. The fourth-order valence-electron chi connectivity index (χ4n) is 4.08. The Kier molecular flexibility index (Phi) is 5.46. The number of anilines is 1. The zero-order valence-electron chi connectivity index (χ0n) is 16.7. The molecule has 2 aliphatic rings. The molecule has 1 aliphatic carbocycles. The number of carbonyl (C=O) groups is 4. The predicted molar refractivity (Wildman–Crippen MR) is 112 cm³/mol. The van der Waals surface area contributed by atoms with Crippen molar-refractivity contribution in [2.45, 2.75) is 44.6 Å². The van der Waals surface area contributed by atoms with Crippen molar-refractivity contribution in [3.63, 3.8) is 0 Å². The molecule has 1 saturated carbocycles. The summed E-state index contributed by atoms with van der Waals surface area (Å²) in [4.78, 5) is 51.0. The number of hydrogen-bond acceptors (Lipinski definition) is 6. The second-order valence-corrected chi connectivity index (χ2v) is 8.68. The Morgan fingerprint density at radius 2 is 1.97 bits per heavy atom. The van der Waals surface area contributed by atoms with E-state index >= 15 is 0 Å². The Labute approximate surface area is 177 Å². The first kappa shape index (κ1) is 20.3. The van der Waals surface area contributed by atoms with Crippen LogP contribution in [-0.4, -0.2) is 47.4 Å². The number of nitrogens with zero attached hydrogens (tertiary/aromatic N) is 1. The summed E-state index contributed by atoms with van der Waals surface area (Å²) in [7, 11) is 0. The lowest BCUT2D eigenvalue weighted by molar-refractivity contribution is -0.134. The van der Waals surface area contributed by atoms with Gasteiger partial charge in [0, 0.05) is 10.4 Å². The van der Waals surface area contributed by atoms with Crippen molar-refractivity contribution in [1.29, 1.82) is 0 Å². The molecule has 9 heteroatoms. The Morgan fingerprint density at radius 1 is 1.20 bits per heavy atom. The second kappa shape index (κ2) is 8.06. The highest BCUT2D eigenvalue weighted by molar-refractivity contribution is 7.20. The van der Waals surface area contributed by atoms with Crippen LogP contribution in [0.1, 0.15) is 48.7 Å². The third-order valence-electron chi connectivity index (χ3n) is 5.53. The van der Waals surface area contributed by atoms with Gasteiger partial charge in [0.25, 0.3) is 5.91 Å². The van der Waals surface area contributed by atoms with E-state index in [1.807, 2.05) is 6.07 Å². The van der Waals surface area contributed by atoms with Gasteiger partial charge in [-0.2, -0.15) is 0 Å². The number of fused-ring (bicyclic) bond motifs is 1. The summed E-state index contributed by atoms with van der Waals surface area (Å²) in [5, 5.41) is 6.34. The van der Waals surface area contributed by atoms with Crippen LogP contribution in [0.3, 0.4) is 0 Å². The summed E-state index contributed by atoms with van der Waals surface area (Å²) in [6.07, 6.45) is 4.07. The monoisotopic (exact) mass is 429 g/mol. The van der Waals surface area contributed by atoms with Gasteiger partial charge in [0.05, 0.1) is 6.61 Å². The number of ether oxygens (including phenoxy) is 1. The van der Waals surface area contributed by atoms with E-state index in [0.717, 1.165) is 34.2 Å². The van der Waals surface area contributed by atoms with E-state index in [9.17, 15) is 19.2 Å². The highest BCUT2D eigenvalue weighted by Gasteiger charge is 2.51. The van der Waals surface area contributed by atoms with Crippen molar-refractivity contribution in [3.05, 3.63) is 29.1 Å². The number of thiophene rings is 1. The van der Waals surface area contributed by atoms with Gasteiger partial charge < -0.3 is 15.4 Å². The topological polar surface area (TPSA) is 105 Å². The molecule has 30 heavy (non-hydrogen) atoms. The van der Waals surface area contributed by atoms with Crippen LogP contribution in [0.25, 0.3) is 10.1 Å². The van der Waals surface area contributed by atoms with Crippen LogP contribution < -0.4 is 10.6 Å². The molecule has 0 bridgehead atoms. The van der Waals surface area contributed by atoms with E-state index in [1.165, 1.54) is 11.3 Å². The minimum absolute atomic E-state index is 0.304. The molecule has 1 aromatic heterocycles. The van der Waals surface area contributed by atoms with Crippen molar-refractivity contribution in [1.82, 2.24) is 10.2 Å². The standard InChI is InChI=1S/C21H23N3O5S/c1-2-29-18(26)16-11-13-10-14(6-7-15(13)30-16)22-17(25)12-24-19(27)21(23-20(24)28)8-4-3-5-9-21/h6-7,10-11H,2-5,8-9,12H2,1H3,(H,22,25)(H,23,28). The number of hydrogen-bond donors (Lipinski definition) is 2.